The third-order valence-corrected chi connectivity index (χ3v) is 2.54. The van der Waals surface area contributed by atoms with E-state index in [9.17, 15) is 9.18 Å². The second-order valence-corrected chi connectivity index (χ2v) is 3.63. The predicted octanol–water partition coefficient (Wildman–Crippen LogP) is 2.68. The smallest absolute Gasteiger partial charge is 0.310 e. The first kappa shape index (κ1) is 13.8. The molecule has 0 fully saturated rings. The van der Waals surface area contributed by atoms with E-state index in [1.54, 1.807) is 6.92 Å². The molecule has 0 heterocycles. The van der Waals surface area contributed by atoms with Crippen molar-refractivity contribution in [1.82, 2.24) is 0 Å². The molecule has 5 heteroatoms. The van der Waals surface area contributed by atoms with Crippen molar-refractivity contribution in [3.05, 3.63) is 29.1 Å². The highest BCUT2D eigenvalue weighted by molar-refractivity contribution is 6.17. The largest absolute Gasteiger partial charge is 0.496 e. The standard InChI is InChI=1S/C12H14ClFO3/c1-3-17-12(15)6-10-8(7-13)4-9(14)5-11(10)16-2/h4-5H,3,6-7H2,1-2H3. The molecular weight excluding hydrogens is 247 g/mol. The number of methoxy groups -OCH3 is 1. The molecular formula is C12H14ClFO3. The summed E-state index contributed by atoms with van der Waals surface area (Å²) in [6.45, 7) is 2.03. The van der Waals surface area contributed by atoms with Crippen LogP contribution in [0.2, 0.25) is 0 Å². The molecule has 1 aromatic carbocycles. The Labute approximate surface area is 104 Å². The maximum Gasteiger partial charge on any atom is 0.310 e. The van der Waals surface area contributed by atoms with Crippen LogP contribution in [0.1, 0.15) is 18.1 Å². The topological polar surface area (TPSA) is 35.5 Å². The molecule has 3 nitrogen and oxygen atoms in total. The minimum atomic E-state index is -0.440. The van der Waals surface area contributed by atoms with E-state index < -0.39 is 5.82 Å². The van der Waals surface area contributed by atoms with Gasteiger partial charge in [-0.1, -0.05) is 0 Å². The van der Waals surface area contributed by atoms with Crippen molar-refractivity contribution in [2.45, 2.75) is 19.2 Å². The van der Waals surface area contributed by atoms with E-state index in [1.807, 2.05) is 0 Å². The molecule has 0 atom stereocenters. The van der Waals surface area contributed by atoms with Crippen LogP contribution in [0.15, 0.2) is 12.1 Å². The molecule has 0 N–H and O–H groups in total. The fourth-order valence-corrected chi connectivity index (χ4v) is 1.76. The summed E-state index contributed by atoms with van der Waals surface area (Å²) in [5.41, 5.74) is 1.11. The molecule has 0 aliphatic heterocycles. The number of benzene rings is 1. The summed E-state index contributed by atoms with van der Waals surface area (Å²) < 4.78 is 23.1. The van der Waals surface area contributed by atoms with Gasteiger partial charge in [-0.3, -0.25) is 4.79 Å². The monoisotopic (exact) mass is 260 g/mol. The van der Waals surface area contributed by atoms with Gasteiger partial charge in [-0.2, -0.15) is 0 Å². The van der Waals surface area contributed by atoms with Crippen LogP contribution in [0.25, 0.3) is 0 Å². The molecule has 94 valence electrons. The third kappa shape index (κ3) is 3.60. The van der Waals surface area contributed by atoms with E-state index in [1.165, 1.54) is 19.2 Å². The Kier molecular flexibility index (Phi) is 5.22. The molecule has 17 heavy (non-hydrogen) atoms. The Balaban J connectivity index is 3.06. The molecule has 0 aliphatic rings. The van der Waals surface area contributed by atoms with Gasteiger partial charge >= 0.3 is 5.97 Å². The van der Waals surface area contributed by atoms with Gasteiger partial charge in [-0.25, -0.2) is 4.39 Å². The van der Waals surface area contributed by atoms with Crippen LogP contribution in [0.4, 0.5) is 4.39 Å². The Bertz CT molecular complexity index is 382. The fraction of sp³-hybridized carbons (Fsp3) is 0.417. The van der Waals surface area contributed by atoms with Gasteiger partial charge in [0.1, 0.15) is 11.6 Å². The maximum atomic E-state index is 13.2. The molecule has 1 aromatic rings. The van der Waals surface area contributed by atoms with Gasteiger partial charge in [-0.05, 0) is 18.6 Å². The fourth-order valence-electron chi connectivity index (χ4n) is 1.52. The number of ether oxygens (including phenoxy) is 2. The van der Waals surface area contributed by atoms with Crippen LogP contribution in [-0.2, 0) is 21.8 Å². The molecule has 0 aliphatic carbocycles. The zero-order chi connectivity index (χ0) is 12.8. The summed E-state index contributed by atoms with van der Waals surface area (Å²) in [7, 11) is 1.42. The molecule has 0 bridgehead atoms. The normalized spacial score (nSPS) is 10.1. The Hall–Kier alpha value is -1.29. The van der Waals surface area contributed by atoms with Crippen molar-refractivity contribution in [2.75, 3.05) is 13.7 Å². The van der Waals surface area contributed by atoms with Crippen molar-refractivity contribution in [1.29, 1.82) is 0 Å². The summed E-state index contributed by atoms with van der Waals surface area (Å²) in [6.07, 6.45) is 0.0271. The lowest BCUT2D eigenvalue weighted by atomic mass is 10.0. The summed E-state index contributed by atoms with van der Waals surface area (Å²) >= 11 is 5.72. The van der Waals surface area contributed by atoms with Crippen LogP contribution in [0, 0.1) is 5.82 Å². The van der Waals surface area contributed by atoms with E-state index >= 15 is 0 Å². The van der Waals surface area contributed by atoms with Crippen LogP contribution in [0.3, 0.4) is 0 Å². The summed E-state index contributed by atoms with van der Waals surface area (Å²) in [6, 6.07) is 2.52. The molecule has 0 aromatic heterocycles. The Morgan fingerprint density at radius 2 is 2.18 bits per heavy atom. The van der Waals surface area contributed by atoms with Crippen LogP contribution >= 0.6 is 11.6 Å². The maximum absolute atomic E-state index is 13.2. The van der Waals surface area contributed by atoms with E-state index in [4.69, 9.17) is 21.1 Å². The number of carbonyl (C=O) groups excluding carboxylic acids is 1. The summed E-state index contributed by atoms with van der Waals surface area (Å²) in [5, 5.41) is 0. The minimum Gasteiger partial charge on any atom is -0.496 e. The number of halogens is 2. The van der Waals surface area contributed by atoms with Gasteiger partial charge in [0, 0.05) is 17.5 Å². The Morgan fingerprint density at radius 3 is 2.71 bits per heavy atom. The average Bonchev–Trinajstić information content (AvgIpc) is 2.31. The van der Waals surface area contributed by atoms with Gasteiger partial charge in [0.05, 0.1) is 20.1 Å². The third-order valence-electron chi connectivity index (χ3n) is 2.26. The molecule has 0 unspecified atom stereocenters. The van der Waals surface area contributed by atoms with Crippen LogP contribution in [-0.4, -0.2) is 19.7 Å². The quantitative estimate of drug-likeness (QED) is 0.603. The SMILES string of the molecule is CCOC(=O)Cc1c(CCl)cc(F)cc1OC. The number of hydrogen-bond acceptors (Lipinski definition) is 3. The average molecular weight is 261 g/mol. The number of esters is 1. The molecule has 0 saturated heterocycles. The molecule has 1 rings (SSSR count). The second-order valence-electron chi connectivity index (χ2n) is 3.36. The van der Waals surface area contributed by atoms with Crippen LogP contribution in [0.5, 0.6) is 5.75 Å². The van der Waals surface area contributed by atoms with Gasteiger partial charge in [-0.15, -0.1) is 11.6 Å². The van der Waals surface area contributed by atoms with Crippen molar-refractivity contribution < 1.29 is 18.7 Å². The predicted molar refractivity (Wildman–Crippen MR) is 62.8 cm³/mol. The number of hydrogen-bond donors (Lipinski definition) is 0. The molecule has 0 spiro atoms. The lowest BCUT2D eigenvalue weighted by Gasteiger charge is -2.12. The van der Waals surface area contributed by atoms with E-state index in [-0.39, 0.29) is 18.3 Å². The summed E-state index contributed by atoms with van der Waals surface area (Å²) in [4.78, 5) is 11.4. The Morgan fingerprint density at radius 1 is 1.47 bits per heavy atom. The lowest BCUT2D eigenvalue weighted by molar-refractivity contribution is -0.142. The van der Waals surface area contributed by atoms with Gasteiger partial charge in [0.15, 0.2) is 0 Å². The van der Waals surface area contributed by atoms with E-state index in [0.29, 0.717) is 23.5 Å². The van der Waals surface area contributed by atoms with Crippen molar-refractivity contribution in [3.63, 3.8) is 0 Å². The first-order valence-corrected chi connectivity index (χ1v) is 5.72. The number of carbonyl (C=O) groups is 1. The molecule has 0 saturated carbocycles. The molecule has 0 radical (unpaired) electrons. The van der Waals surface area contributed by atoms with E-state index in [0.717, 1.165) is 0 Å². The van der Waals surface area contributed by atoms with Crippen molar-refractivity contribution in [2.24, 2.45) is 0 Å². The number of rotatable bonds is 5. The second kappa shape index (κ2) is 6.45. The highest BCUT2D eigenvalue weighted by atomic mass is 35.5. The van der Waals surface area contributed by atoms with Crippen molar-refractivity contribution in [3.8, 4) is 5.75 Å². The number of alkyl halides is 1. The van der Waals surface area contributed by atoms with Crippen molar-refractivity contribution >= 4 is 17.6 Å². The highest BCUT2D eigenvalue weighted by Gasteiger charge is 2.15. The minimum absolute atomic E-state index is 0.0271. The first-order valence-electron chi connectivity index (χ1n) is 5.19. The summed E-state index contributed by atoms with van der Waals surface area (Å²) in [5.74, 6) is -0.398. The zero-order valence-electron chi connectivity index (χ0n) is 9.76. The van der Waals surface area contributed by atoms with Gasteiger partial charge < -0.3 is 9.47 Å². The highest BCUT2D eigenvalue weighted by Crippen LogP contribution is 2.26. The first-order chi connectivity index (χ1) is 8.12. The zero-order valence-corrected chi connectivity index (χ0v) is 10.5. The molecule has 0 amide bonds. The van der Waals surface area contributed by atoms with Gasteiger partial charge in [0.2, 0.25) is 0 Å². The van der Waals surface area contributed by atoms with Gasteiger partial charge in [0.25, 0.3) is 0 Å². The van der Waals surface area contributed by atoms with Crippen LogP contribution < -0.4 is 4.74 Å². The van der Waals surface area contributed by atoms with E-state index in [2.05, 4.69) is 0 Å². The lowest BCUT2D eigenvalue weighted by Crippen LogP contribution is -2.10.